The molecule has 1 aliphatic rings. The number of benzene rings is 1. The maximum Gasteiger partial charge on any atom is 0.259 e. The number of amides is 1. The number of hydrogen-bond acceptors (Lipinski definition) is 6. The summed E-state index contributed by atoms with van der Waals surface area (Å²) in [5.41, 5.74) is 9.30. The lowest BCUT2D eigenvalue weighted by Crippen LogP contribution is -2.32. The van der Waals surface area contributed by atoms with Crippen molar-refractivity contribution in [3.63, 3.8) is 0 Å². The van der Waals surface area contributed by atoms with Crippen LogP contribution in [0.3, 0.4) is 0 Å². The molecular formula is C24H27N5O2. The second-order valence-corrected chi connectivity index (χ2v) is 7.74. The molecule has 0 unspecified atom stereocenters. The number of methoxy groups -OCH3 is 1. The highest BCUT2D eigenvalue weighted by Gasteiger charge is 2.23. The highest BCUT2D eigenvalue weighted by molar-refractivity contribution is 6.07. The molecule has 3 aromatic rings. The van der Waals surface area contributed by atoms with Crippen molar-refractivity contribution in [1.82, 2.24) is 14.9 Å². The number of pyridine rings is 2. The standard InChI is InChI=1S/C24H27N5O2/c1-31-22-7-3-2-6-21(22)28-24(30)19-8-9-20(27-23(19)25)18-10-13-29(14-11-18)16-17-5-4-12-26-15-17/h2-9,12,15,18H,10-11,13-14,16H2,1H3,(H2,25,27)(H,28,30). The van der Waals surface area contributed by atoms with Crippen molar-refractivity contribution in [1.29, 1.82) is 0 Å². The number of para-hydroxylation sites is 2. The van der Waals surface area contributed by atoms with Gasteiger partial charge < -0.3 is 15.8 Å². The summed E-state index contributed by atoms with van der Waals surface area (Å²) in [7, 11) is 1.57. The second-order valence-electron chi connectivity index (χ2n) is 7.74. The van der Waals surface area contributed by atoms with Gasteiger partial charge in [-0.1, -0.05) is 18.2 Å². The van der Waals surface area contributed by atoms with Gasteiger partial charge in [0, 0.05) is 30.6 Å². The van der Waals surface area contributed by atoms with Crippen LogP contribution in [0.15, 0.2) is 60.9 Å². The summed E-state index contributed by atoms with van der Waals surface area (Å²) < 4.78 is 5.29. The minimum Gasteiger partial charge on any atom is -0.495 e. The average Bonchev–Trinajstić information content (AvgIpc) is 2.80. The lowest BCUT2D eigenvalue weighted by molar-refractivity contribution is 0.102. The maximum absolute atomic E-state index is 12.7. The van der Waals surface area contributed by atoms with Crippen molar-refractivity contribution >= 4 is 17.4 Å². The second kappa shape index (κ2) is 9.57. The number of aromatic nitrogens is 2. The van der Waals surface area contributed by atoms with E-state index in [-0.39, 0.29) is 11.7 Å². The van der Waals surface area contributed by atoms with Crippen LogP contribution in [-0.4, -0.2) is 41.0 Å². The molecular weight excluding hydrogens is 390 g/mol. The molecule has 3 N–H and O–H groups in total. The van der Waals surface area contributed by atoms with Crippen LogP contribution in [0.1, 0.15) is 40.4 Å². The fourth-order valence-corrected chi connectivity index (χ4v) is 3.98. The molecule has 1 saturated heterocycles. The van der Waals surface area contributed by atoms with E-state index in [9.17, 15) is 4.79 Å². The summed E-state index contributed by atoms with van der Waals surface area (Å²) in [6, 6.07) is 15.0. The largest absolute Gasteiger partial charge is 0.495 e. The minimum absolute atomic E-state index is 0.252. The maximum atomic E-state index is 12.7. The molecule has 3 heterocycles. The fraction of sp³-hybridized carbons (Fsp3) is 0.292. The summed E-state index contributed by atoms with van der Waals surface area (Å²) in [6.45, 7) is 2.91. The van der Waals surface area contributed by atoms with E-state index >= 15 is 0 Å². The Hall–Kier alpha value is -3.45. The molecule has 0 atom stereocenters. The first kappa shape index (κ1) is 20.8. The first-order valence-corrected chi connectivity index (χ1v) is 10.5. The number of nitrogens with two attached hydrogens (primary N) is 1. The number of nitrogens with zero attached hydrogens (tertiary/aromatic N) is 3. The van der Waals surface area contributed by atoms with Gasteiger partial charge in [-0.25, -0.2) is 4.98 Å². The van der Waals surface area contributed by atoms with Crippen LogP contribution < -0.4 is 15.8 Å². The van der Waals surface area contributed by atoms with Gasteiger partial charge in [0.25, 0.3) is 5.91 Å². The average molecular weight is 418 g/mol. The summed E-state index contributed by atoms with van der Waals surface area (Å²) in [4.78, 5) is 23.9. The highest BCUT2D eigenvalue weighted by atomic mass is 16.5. The van der Waals surface area contributed by atoms with Gasteiger partial charge in [0.1, 0.15) is 11.6 Å². The van der Waals surface area contributed by atoms with Gasteiger partial charge in [-0.05, 0) is 61.8 Å². The quantitative estimate of drug-likeness (QED) is 0.635. The normalized spacial score (nSPS) is 14.9. The zero-order chi connectivity index (χ0) is 21.6. The molecule has 4 rings (SSSR count). The number of piperidine rings is 1. The van der Waals surface area contributed by atoms with Crippen LogP contribution in [0, 0.1) is 0 Å². The van der Waals surface area contributed by atoms with Gasteiger partial charge in [0.15, 0.2) is 0 Å². The van der Waals surface area contributed by atoms with Crippen LogP contribution in [0.5, 0.6) is 5.75 Å². The number of rotatable bonds is 6. The molecule has 0 spiro atoms. The van der Waals surface area contributed by atoms with Crippen molar-refractivity contribution in [3.05, 3.63) is 77.7 Å². The molecule has 160 valence electrons. The van der Waals surface area contributed by atoms with Crippen LogP contribution in [0.2, 0.25) is 0 Å². The fourth-order valence-electron chi connectivity index (χ4n) is 3.98. The Morgan fingerprint density at radius 1 is 1.16 bits per heavy atom. The van der Waals surface area contributed by atoms with Crippen molar-refractivity contribution in [2.75, 3.05) is 31.2 Å². The molecule has 0 saturated carbocycles. The third kappa shape index (κ3) is 5.00. The molecule has 31 heavy (non-hydrogen) atoms. The van der Waals surface area contributed by atoms with E-state index in [2.05, 4.69) is 26.3 Å². The first-order chi connectivity index (χ1) is 15.1. The summed E-state index contributed by atoms with van der Waals surface area (Å²) >= 11 is 0. The number of likely N-dealkylation sites (tertiary alicyclic amines) is 1. The summed E-state index contributed by atoms with van der Waals surface area (Å²) in [6.07, 6.45) is 5.74. The van der Waals surface area contributed by atoms with Crippen molar-refractivity contribution in [2.45, 2.75) is 25.3 Å². The zero-order valence-electron chi connectivity index (χ0n) is 17.6. The Kier molecular flexibility index (Phi) is 6.43. The predicted octanol–water partition coefficient (Wildman–Crippen LogP) is 3.70. The van der Waals surface area contributed by atoms with E-state index in [0.717, 1.165) is 38.2 Å². The van der Waals surface area contributed by atoms with Crippen molar-refractivity contribution in [3.8, 4) is 5.75 Å². The molecule has 0 aliphatic carbocycles. The number of nitrogens with one attached hydrogen (secondary N) is 1. The molecule has 0 bridgehead atoms. The van der Waals surface area contributed by atoms with Gasteiger partial charge in [0.05, 0.1) is 18.4 Å². The molecule has 7 heteroatoms. The number of carbonyl (C=O) groups excluding carboxylic acids is 1. The number of nitrogen functional groups attached to an aromatic ring is 1. The van der Waals surface area contributed by atoms with Crippen molar-refractivity contribution < 1.29 is 9.53 Å². The zero-order valence-corrected chi connectivity index (χ0v) is 17.6. The molecule has 7 nitrogen and oxygen atoms in total. The Balaban J connectivity index is 1.38. The number of anilines is 2. The topological polar surface area (TPSA) is 93.4 Å². The summed E-state index contributed by atoms with van der Waals surface area (Å²) in [5, 5.41) is 2.85. The molecule has 1 aliphatic heterocycles. The van der Waals surface area contributed by atoms with E-state index in [0.29, 0.717) is 22.9 Å². The van der Waals surface area contributed by atoms with Crippen LogP contribution in [-0.2, 0) is 6.54 Å². The Morgan fingerprint density at radius 2 is 1.97 bits per heavy atom. The number of carbonyl (C=O) groups is 1. The van der Waals surface area contributed by atoms with E-state index in [1.807, 2.05) is 30.5 Å². The highest BCUT2D eigenvalue weighted by Crippen LogP contribution is 2.29. The van der Waals surface area contributed by atoms with E-state index in [1.54, 1.807) is 31.5 Å². The smallest absolute Gasteiger partial charge is 0.259 e. The molecule has 1 amide bonds. The summed E-state index contributed by atoms with van der Waals surface area (Å²) in [5.74, 6) is 0.894. The monoisotopic (exact) mass is 417 g/mol. The van der Waals surface area contributed by atoms with Gasteiger partial charge in [0.2, 0.25) is 0 Å². The Morgan fingerprint density at radius 3 is 2.68 bits per heavy atom. The van der Waals surface area contributed by atoms with Gasteiger partial charge >= 0.3 is 0 Å². The van der Waals surface area contributed by atoms with Gasteiger partial charge in [-0.3, -0.25) is 14.7 Å². The van der Waals surface area contributed by atoms with E-state index in [4.69, 9.17) is 10.5 Å². The third-order valence-electron chi connectivity index (χ3n) is 5.68. The van der Waals surface area contributed by atoms with Crippen molar-refractivity contribution in [2.24, 2.45) is 0 Å². The van der Waals surface area contributed by atoms with E-state index in [1.165, 1.54) is 5.56 Å². The van der Waals surface area contributed by atoms with Gasteiger partial charge in [-0.2, -0.15) is 0 Å². The molecule has 1 fully saturated rings. The minimum atomic E-state index is -0.299. The van der Waals surface area contributed by atoms with Gasteiger partial charge in [-0.15, -0.1) is 0 Å². The lowest BCUT2D eigenvalue weighted by Gasteiger charge is -2.31. The molecule has 1 aromatic carbocycles. The predicted molar refractivity (Wildman–Crippen MR) is 121 cm³/mol. The lowest BCUT2D eigenvalue weighted by atomic mass is 9.92. The van der Waals surface area contributed by atoms with Crippen LogP contribution in [0.25, 0.3) is 0 Å². The Bertz CT molecular complexity index is 1030. The Labute approximate surface area is 182 Å². The van der Waals surface area contributed by atoms with Crippen LogP contribution in [0.4, 0.5) is 11.5 Å². The number of hydrogen-bond donors (Lipinski definition) is 2. The third-order valence-corrected chi connectivity index (χ3v) is 5.68. The SMILES string of the molecule is COc1ccccc1NC(=O)c1ccc(C2CCN(Cc3cccnc3)CC2)nc1N. The van der Waals surface area contributed by atoms with Crippen LogP contribution >= 0.6 is 0 Å². The molecule has 0 radical (unpaired) electrons. The number of ether oxygens (including phenoxy) is 1. The molecule has 2 aromatic heterocycles. The van der Waals surface area contributed by atoms with E-state index < -0.39 is 0 Å². The first-order valence-electron chi connectivity index (χ1n) is 10.5.